The smallest absolute Gasteiger partial charge is 0.306 e. The predicted octanol–water partition coefficient (Wildman–Crippen LogP) is 5.01. The molecule has 1 unspecified atom stereocenters. The molecule has 0 spiro atoms. The first kappa shape index (κ1) is 21.8. The van der Waals surface area contributed by atoms with Gasteiger partial charge < -0.3 is 9.84 Å². The number of aliphatic carboxylic acids is 1. The van der Waals surface area contributed by atoms with E-state index in [1.165, 1.54) is 32.1 Å². The molecule has 1 N–H and O–H groups in total. The van der Waals surface area contributed by atoms with Gasteiger partial charge in [-0.15, -0.1) is 0 Å². The van der Waals surface area contributed by atoms with Gasteiger partial charge in [0.05, 0.1) is 12.8 Å². The summed E-state index contributed by atoms with van der Waals surface area (Å²) in [6.45, 7) is 6.67. The fraction of sp³-hybridized carbons (Fsp3) is 0.880. The molecule has 8 atom stereocenters. The van der Waals surface area contributed by atoms with Crippen LogP contribution in [-0.4, -0.2) is 28.9 Å². The first-order valence-corrected chi connectivity index (χ1v) is 12.1. The van der Waals surface area contributed by atoms with Crippen molar-refractivity contribution in [3.63, 3.8) is 0 Å². The summed E-state index contributed by atoms with van der Waals surface area (Å²) < 4.78 is 5.66. The Hall–Kier alpha value is -1.39. The highest BCUT2D eigenvalue weighted by Crippen LogP contribution is 2.67. The number of hydrogen-bond acceptors (Lipinski definition) is 4. The van der Waals surface area contributed by atoms with Gasteiger partial charge in [-0.1, -0.05) is 13.8 Å². The van der Waals surface area contributed by atoms with Crippen LogP contribution in [0.5, 0.6) is 0 Å². The van der Waals surface area contributed by atoms with Gasteiger partial charge in [0.25, 0.3) is 0 Å². The van der Waals surface area contributed by atoms with E-state index in [4.69, 9.17) is 9.84 Å². The summed E-state index contributed by atoms with van der Waals surface area (Å²) in [5.74, 6) is 2.07. The molecule has 0 bridgehead atoms. The molecule has 4 fully saturated rings. The molecule has 4 aliphatic carbocycles. The number of hydrogen-bond donors (Lipinski definition) is 1. The van der Waals surface area contributed by atoms with Crippen molar-refractivity contribution in [3.8, 4) is 0 Å². The Balaban J connectivity index is 1.42. The van der Waals surface area contributed by atoms with Crippen molar-refractivity contribution >= 4 is 17.7 Å². The van der Waals surface area contributed by atoms with E-state index < -0.39 is 5.97 Å². The van der Waals surface area contributed by atoms with E-state index in [1.54, 1.807) is 6.92 Å². The van der Waals surface area contributed by atoms with Crippen LogP contribution in [0.3, 0.4) is 0 Å². The van der Waals surface area contributed by atoms with Gasteiger partial charge in [-0.2, -0.15) is 0 Å². The number of carboxylic acids is 1. The number of carbonyl (C=O) groups is 3. The minimum Gasteiger partial charge on any atom is -0.481 e. The highest BCUT2D eigenvalue weighted by molar-refractivity contribution is 5.79. The Morgan fingerprint density at radius 1 is 0.900 bits per heavy atom. The first-order valence-electron chi connectivity index (χ1n) is 12.1. The van der Waals surface area contributed by atoms with Crippen LogP contribution < -0.4 is 0 Å². The molecule has 30 heavy (non-hydrogen) atoms. The standard InChI is InChI=1S/C25H38O5/c1-15(26)19-6-7-20-18-5-4-16-14-17(30-23(29)9-8-22(27)28)10-12-24(16,2)21(18)11-13-25(19,20)3/h16-21H,4-14H2,1-3H3,(H,27,28)/t16-,17-,18-,19?,20-,21-,24-,25+/m0/s1. The number of rotatable bonds is 5. The van der Waals surface area contributed by atoms with Gasteiger partial charge in [0.2, 0.25) is 0 Å². The van der Waals surface area contributed by atoms with Crippen LogP contribution >= 0.6 is 0 Å². The van der Waals surface area contributed by atoms with Gasteiger partial charge in [0.1, 0.15) is 11.9 Å². The molecular weight excluding hydrogens is 380 g/mol. The highest BCUT2D eigenvalue weighted by Gasteiger charge is 2.60. The predicted molar refractivity (Wildman–Crippen MR) is 113 cm³/mol. The van der Waals surface area contributed by atoms with Crippen LogP contribution in [-0.2, 0) is 19.1 Å². The van der Waals surface area contributed by atoms with Crippen molar-refractivity contribution in [2.24, 2.45) is 40.4 Å². The van der Waals surface area contributed by atoms with Crippen LogP contribution in [0.25, 0.3) is 0 Å². The summed E-state index contributed by atoms with van der Waals surface area (Å²) in [5.41, 5.74) is 0.510. The molecule has 4 saturated carbocycles. The summed E-state index contributed by atoms with van der Waals surface area (Å²) in [7, 11) is 0. The number of fused-ring (bicyclic) bond motifs is 5. The second-order valence-corrected chi connectivity index (χ2v) is 11.2. The van der Waals surface area contributed by atoms with Gasteiger partial charge in [-0.3, -0.25) is 14.4 Å². The quantitative estimate of drug-likeness (QED) is 0.635. The minimum absolute atomic E-state index is 0.0317. The van der Waals surface area contributed by atoms with Crippen LogP contribution in [0.2, 0.25) is 0 Å². The molecule has 0 amide bonds. The number of carbonyl (C=O) groups excluding carboxylic acids is 2. The van der Waals surface area contributed by atoms with Crippen LogP contribution in [0.4, 0.5) is 0 Å². The molecule has 0 aromatic carbocycles. The summed E-state index contributed by atoms with van der Waals surface area (Å²) in [4.78, 5) is 35.0. The van der Waals surface area contributed by atoms with Gasteiger partial charge in [0.15, 0.2) is 0 Å². The zero-order valence-electron chi connectivity index (χ0n) is 18.8. The molecule has 5 heteroatoms. The van der Waals surface area contributed by atoms with Gasteiger partial charge in [-0.05, 0) is 99.2 Å². The Labute approximate surface area is 180 Å². The van der Waals surface area contributed by atoms with Gasteiger partial charge in [0, 0.05) is 5.92 Å². The summed E-state index contributed by atoms with van der Waals surface area (Å²) >= 11 is 0. The zero-order valence-corrected chi connectivity index (χ0v) is 18.8. The third-order valence-electron chi connectivity index (χ3n) is 9.95. The lowest BCUT2D eigenvalue weighted by atomic mass is 9.44. The SMILES string of the molecule is CC(=O)C1CC[C@H]2[C@@H]3CC[C@H]4C[C@@H](OC(=O)CCC(=O)O)CC[C@]4(C)[C@H]3CC[C@]12C. The Kier molecular flexibility index (Phi) is 5.78. The third-order valence-corrected chi connectivity index (χ3v) is 9.95. The van der Waals surface area contributed by atoms with E-state index in [2.05, 4.69) is 13.8 Å². The van der Waals surface area contributed by atoms with E-state index in [0.717, 1.165) is 37.5 Å². The molecule has 4 rings (SSSR count). The molecule has 5 nitrogen and oxygen atoms in total. The third kappa shape index (κ3) is 3.60. The number of ketones is 1. The molecule has 0 aliphatic heterocycles. The lowest BCUT2D eigenvalue weighted by Gasteiger charge is -2.61. The molecule has 168 valence electrons. The van der Waals surface area contributed by atoms with E-state index in [9.17, 15) is 14.4 Å². The number of esters is 1. The summed E-state index contributed by atoms with van der Waals surface area (Å²) in [5, 5.41) is 8.77. The monoisotopic (exact) mass is 418 g/mol. The lowest BCUT2D eigenvalue weighted by Crippen LogP contribution is -2.54. The molecule has 0 saturated heterocycles. The summed E-state index contributed by atoms with van der Waals surface area (Å²) in [6, 6.07) is 0. The average Bonchev–Trinajstić information content (AvgIpc) is 3.04. The minimum atomic E-state index is -0.954. The number of Topliss-reactive ketones (excluding diaryl/α,β-unsaturated/α-hetero) is 1. The Bertz CT molecular complexity index is 716. The van der Waals surface area contributed by atoms with E-state index in [0.29, 0.717) is 23.0 Å². The maximum atomic E-state index is 12.3. The number of carboxylic acid groups (broad SMARTS) is 1. The molecular formula is C25H38O5. The second kappa shape index (κ2) is 7.94. The van der Waals surface area contributed by atoms with Crippen LogP contribution in [0.15, 0.2) is 0 Å². The first-order chi connectivity index (χ1) is 14.1. The maximum absolute atomic E-state index is 12.3. The van der Waals surface area contributed by atoms with Crippen molar-refractivity contribution in [2.45, 2.75) is 97.5 Å². The molecule has 0 heterocycles. The summed E-state index contributed by atoms with van der Waals surface area (Å²) in [6.07, 6.45) is 9.82. The zero-order chi connectivity index (χ0) is 21.7. The molecule has 0 aromatic rings. The van der Waals surface area contributed by atoms with Crippen molar-refractivity contribution in [1.29, 1.82) is 0 Å². The fourth-order valence-electron chi connectivity index (χ4n) is 8.45. The topological polar surface area (TPSA) is 80.7 Å². The van der Waals surface area contributed by atoms with Gasteiger partial charge >= 0.3 is 11.9 Å². The Morgan fingerprint density at radius 3 is 2.30 bits per heavy atom. The molecule has 0 aromatic heterocycles. The molecule has 4 aliphatic rings. The van der Waals surface area contributed by atoms with Crippen molar-refractivity contribution in [2.75, 3.05) is 0 Å². The van der Waals surface area contributed by atoms with E-state index >= 15 is 0 Å². The maximum Gasteiger partial charge on any atom is 0.306 e. The molecule has 0 radical (unpaired) electrons. The Morgan fingerprint density at radius 2 is 1.60 bits per heavy atom. The largest absolute Gasteiger partial charge is 0.481 e. The fourth-order valence-corrected chi connectivity index (χ4v) is 8.45. The highest BCUT2D eigenvalue weighted by atomic mass is 16.5. The average molecular weight is 419 g/mol. The van der Waals surface area contributed by atoms with E-state index in [-0.39, 0.29) is 36.2 Å². The van der Waals surface area contributed by atoms with Crippen LogP contribution in [0.1, 0.15) is 91.4 Å². The normalized spacial score (nSPS) is 45.0. The van der Waals surface area contributed by atoms with Crippen LogP contribution in [0, 0.1) is 40.4 Å². The van der Waals surface area contributed by atoms with Gasteiger partial charge in [-0.25, -0.2) is 0 Å². The lowest BCUT2D eigenvalue weighted by molar-refractivity contribution is -0.164. The van der Waals surface area contributed by atoms with Crippen molar-refractivity contribution < 1.29 is 24.2 Å². The van der Waals surface area contributed by atoms with Crippen molar-refractivity contribution in [1.82, 2.24) is 0 Å². The van der Waals surface area contributed by atoms with E-state index in [1.807, 2.05) is 0 Å². The van der Waals surface area contributed by atoms with Crippen molar-refractivity contribution in [3.05, 3.63) is 0 Å². The second-order valence-electron chi connectivity index (χ2n) is 11.2. The number of ether oxygens (including phenoxy) is 1.